The average Bonchev–Trinajstić information content (AvgIpc) is 2.85. The number of alkyl halides is 6. The summed E-state index contributed by atoms with van der Waals surface area (Å²) < 4.78 is 63.5. The van der Waals surface area contributed by atoms with Gasteiger partial charge in [-0.25, -0.2) is 9.59 Å². The lowest BCUT2D eigenvalue weighted by atomic mass is 10.0. The predicted molar refractivity (Wildman–Crippen MR) is 141 cm³/mol. The van der Waals surface area contributed by atoms with Crippen LogP contribution in [0, 0.1) is 0 Å². The lowest BCUT2D eigenvalue weighted by molar-refractivity contribution is -0.193. The smallest absolute Gasteiger partial charge is 0.475 e. The van der Waals surface area contributed by atoms with Gasteiger partial charge >= 0.3 is 24.3 Å². The van der Waals surface area contributed by atoms with Crippen LogP contribution >= 0.6 is 0 Å². The monoisotopic (exact) mass is 594 g/mol. The number of carboxylic acids is 2. The molecular weight excluding hydrogens is 562 g/mol. The number of rotatable bonds is 10. The van der Waals surface area contributed by atoms with Gasteiger partial charge < -0.3 is 33.1 Å². The summed E-state index contributed by atoms with van der Waals surface area (Å²) in [6.07, 6.45) is -5.19. The fourth-order valence-electron chi connectivity index (χ4n) is 2.87. The molecule has 0 unspecified atom stereocenters. The van der Waals surface area contributed by atoms with Crippen molar-refractivity contribution in [2.24, 2.45) is 32.9 Å². The van der Waals surface area contributed by atoms with Gasteiger partial charge in [0.15, 0.2) is 11.9 Å². The first kappa shape index (κ1) is 36.5. The number of halogens is 6. The zero-order chi connectivity index (χ0) is 31.6. The first-order valence-corrected chi connectivity index (χ1v) is 11.8. The summed E-state index contributed by atoms with van der Waals surface area (Å²) in [5.41, 5.74) is 26.6. The molecule has 2 rings (SSSR count). The van der Waals surface area contributed by atoms with Crippen LogP contribution < -0.4 is 22.9 Å². The number of aryl methyl sites for hydroxylation is 2. The normalized spacial score (nSPS) is 10.7. The average molecular weight is 595 g/mol. The highest BCUT2D eigenvalue weighted by Gasteiger charge is 2.38. The number of carboxylic acid groups (broad SMARTS) is 2. The van der Waals surface area contributed by atoms with Crippen LogP contribution in [0.5, 0.6) is 0 Å². The highest BCUT2D eigenvalue weighted by Crippen LogP contribution is 2.14. The number of aliphatic imine (C=N–C) groups is 2. The van der Waals surface area contributed by atoms with E-state index in [-0.39, 0.29) is 11.9 Å². The van der Waals surface area contributed by atoms with E-state index in [1.165, 1.54) is 22.3 Å². The second kappa shape index (κ2) is 18.0. The van der Waals surface area contributed by atoms with Crippen LogP contribution in [0.3, 0.4) is 0 Å². The van der Waals surface area contributed by atoms with Crippen LogP contribution in [-0.2, 0) is 35.3 Å². The summed E-state index contributed by atoms with van der Waals surface area (Å²) in [6, 6.07) is 17.4. The molecule has 0 aliphatic rings. The Kier molecular flexibility index (Phi) is 16.0. The molecule has 0 aliphatic carbocycles. The second-order valence-corrected chi connectivity index (χ2v) is 8.21. The van der Waals surface area contributed by atoms with Crippen molar-refractivity contribution in [2.75, 3.05) is 13.1 Å². The summed E-state index contributed by atoms with van der Waals surface area (Å²) in [5, 5.41) is 14.2. The van der Waals surface area contributed by atoms with Crippen molar-refractivity contribution in [2.45, 2.75) is 44.5 Å². The van der Waals surface area contributed by atoms with Gasteiger partial charge in [0.2, 0.25) is 0 Å². The molecule has 10 nitrogen and oxygen atoms in total. The maximum atomic E-state index is 10.6. The number of aliphatic carboxylic acids is 2. The van der Waals surface area contributed by atoms with Crippen LogP contribution in [0.2, 0.25) is 0 Å². The summed E-state index contributed by atoms with van der Waals surface area (Å²) in [4.78, 5) is 25.8. The van der Waals surface area contributed by atoms with Gasteiger partial charge in [-0.05, 0) is 54.4 Å². The molecule has 0 fully saturated rings. The van der Waals surface area contributed by atoms with Crippen molar-refractivity contribution >= 4 is 23.9 Å². The summed E-state index contributed by atoms with van der Waals surface area (Å²) >= 11 is 0. The Morgan fingerprint density at radius 1 is 0.561 bits per heavy atom. The van der Waals surface area contributed by atoms with Gasteiger partial charge in [-0.2, -0.15) is 26.3 Å². The highest BCUT2D eigenvalue weighted by molar-refractivity contribution is 5.76. The third kappa shape index (κ3) is 19.2. The Bertz CT molecular complexity index is 1040. The van der Waals surface area contributed by atoms with Crippen LogP contribution in [0.4, 0.5) is 26.3 Å². The van der Waals surface area contributed by atoms with Gasteiger partial charge in [0, 0.05) is 13.1 Å². The lowest BCUT2D eigenvalue weighted by Crippen LogP contribution is -2.23. The van der Waals surface area contributed by atoms with E-state index in [0.29, 0.717) is 13.1 Å². The first-order chi connectivity index (χ1) is 18.9. The summed E-state index contributed by atoms with van der Waals surface area (Å²) in [7, 11) is 0. The molecule has 0 spiro atoms. The number of nitrogens with zero attached hydrogens (tertiary/aromatic N) is 2. The Balaban J connectivity index is 0.000000941. The van der Waals surface area contributed by atoms with Crippen molar-refractivity contribution in [1.82, 2.24) is 0 Å². The molecule has 2 aromatic rings. The van der Waals surface area contributed by atoms with E-state index in [2.05, 4.69) is 58.5 Å². The molecule has 10 N–H and O–H groups in total. The molecule has 0 saturated carbocycles. The molecule has 16 heteroatoms. The molecular formula is C25H32F6N6O4. The molecule has 0 heterocycles. The summed E-state index contributed by atoms with van der Waals surface area (Å²) in [6.45, 7) is 1.26. The Morgan fingerprint density at radius 3 is 0.976 bits per heavy atom. The second-order valence-electron chi connectivity index (χ2n) is 8.21. The third-order valence-corrected chi connectivity index (χ3v) is 4.85. The zero-order valence-electron chi connectivity index (χ0n) is 21.8. The van der Waals surface area contributed by atoms with Crippen molar-refractivity contribution < 1.29 is 46.1 Å². The largest absolute Gasteiger partial charge is 0.490 e. The number of carbonyl (C=O) groups is 2. The number of hydrogen-bond acceptors (Lipinski definition) is 4. The van der Waals surface area contributed by atoms with E-state index >= 15 is 0 Å². The maximum absolute atomic E-state index is 10.6. The molecule has 0 aliphatic heterocycles. The Labute approximate surface area is 231 Å². The molecule has 0 aromatic heterocycles. The van der Waals surface area contributed by atoms with Crippen molar-refractivity contribution in [1.29, 1.82) is 0 Å². The number of guanidine groups is 2. The summed E-state index contributed by atoms with van der Waals surface area (Å²) in [5.74, 6) is -5.22. The van der Waals surface area contributed by atoms with Gasteiger partial charge in [0.1, 0.15) is 0 Å². The third-order valence-electron chi connectivity index (χ3n) is 4.85. The number of benzene rings is 2. The minimum absolute atomic E-state index is 0.147. The molecule has 0 bridgehead atoms. The minimum Gasteiger partial charge on any atom is -0.475 e. The van der Waals surface area contributed by atoms with Crippen LogP contribution in [0.25, 0.3) is 0 Å². The minimum atomic E-state index is -5.08. The SMILES string of the molecule is NC(N)=NCCc1ccc(CCCc2ccc(CCN=C(N)N)cc2)cc1.O=C(O)C(F)(F)F.O=C(O)C(F)(F)F. The van der Waals surface area contributed by atoms with E-state index in [0.717, 1.165) is 32.1 Å². The molecule has 0 saturated heterocycles. The predicted octanol–water partition coefficient (Wildman–Crippen LogP) is 2.76. The van der Waals surface area contributed by atoms with E-state index in [1.54, 1.807) is 0 Å². The first-order valence-electron chi connectivity index (χ1n) is 11.8. The van der Waals surface area contributed by atoms with Gasteiger partial charge in [-0.3, -0.25) is 9.98 Å². The quantitative estimate of drug-likeness (QED) is 0.137. The maximum Gasteiger partial charge on any atom is 0.490 e. The molecule has 41 heavy (non-hydrogen) atoms. The van der Waals surface area contributed by atoms with Crippen molar-refractivity contribution in [3.05, 3.63) is 70.8 Å². The molecule has 228 valence electrons. The number of hydrogen-bond donors (Lipinski definition) is 6. The topological polar surface area (TPSA) is 203 Å². The van der Waals surface area contributed by atoms with E-state index < -0.39 is 24.3 Å². The van der Waals surface area contributed by atoms with Crippen molar-refractivity contribution in [3.63, 3.8) is 0 Å². The van der Waals surface area contributed by atoms with Gasteiger partial charge in [0.25, 0.3) is 0 Å². The van der Waals surface area contributed by atoms with Gasteiger partial charge in [-0.15, -0.1) is 0 Å². The van der Waals surface area contributed by atoms with Gasteiger partial charge in [-0.1, -0.05) is 48.5 Å². The molecule has 2 aromatic carbocycles. The zero-order valence-corrected chi connectivity index (χ0v) is 21.8. The van der Waals surface area contributed by atoms with Crippen LogP contribution in [0.15, 0.2) is 58.5 Å². The molecule has 0 atom stereocenters. The molecule has 0 amide bonds. The Morgan fingerprint density at radius 2 is 0.780 bits per heavy atom. The fraction of sp³-hybridized carbons (Fsp3) is 0.360. The van der Waals surface area contributed by atoms with Crippen LogP contribution in [-0.4, -0.2) is 59.5 Å². The van der Waals surface area contributed by atoms with Gasteiger partial charge in [0.05, 0.1) is 0 Å². The van der Waals surface area contributed by atoms with Crippen molar-refractivity contribution in [3.8, 4) is 0 Å². The van der Waals surface area contributed by atoms with E-state index in [4.69, 9.17) is 42.7 Å². The molecule has 0 radical (unpaired) electrons. The number of nitrogens with two attached hydrogens (primary N) is 4. The highest BCUT2D eigenvalue weighted by atomic mass is 19.4. The fourth-order valence-corrected chi connectivity index (χ4v) is 2.87. The van der Waals surface area contributed by atoms with E-state index in [9.17, 15) is 26.3 Å². The van der Waals surface area contributed by atoms with E-state index in [1.807, 2.05) is 0 Å². The van der Waals surface area contributed by atoms with Crippen LogP contribution in [0.1, 0.15) is 28.7 Å². The standard InChI is InChI=1S/C21H30N6.2C2HF3O2/c22-20(23)26-14-12-18-8-4-16(5-9-18)2-1-3-17-6-10-19(11-7-17)13-15-27-21(24)25;2*3-2(4,5)1(6)7/h4-11H,1-3,12-15H2,(H4,22,23,26)(H4,24,25,27);2*(H,6,7). The lowest BCUT2D eigenvalue weighted by Gasteiger charge is -2.06. The Hall–Kier alpha value is -4.50.